The molecule has 10 nitrogen and oxygen atoms in total. The number of halogens is 1. The number of rotatable bonds is 7. The van der Waals surface area contributed by atoms with Gasteiger partial charge in [0.2, 0.25) is 5.69 Å². The van der Waals surface area contributed by atoms with E-state index in [4.69, 9.17) is 25.5 Å². The summed E-state index contributed by atoms with van der Waals surface area (Å²) in [5.74, 6) is -2.96. The maximum Gasteiger partial charge on any atom is 0.255 e. The molecule has 2 amide bonds. The molecule has 0 aromatic heterocycles. The number of hydrogen-bond donors (Lipinski definition) is 1. The molecule has 1 aromatic carbocycles. The van der Waals surface area contributed by atoms with Gasteiger partial charge in [0, 0.05) is 32.4 Å². The first-order valence-electron chi connectivity index (χ1n) is 12.6. The van der Waals surface area contributed by atoms with Gasteiger partial charge in [-0.1, -0.05) is 0 Å². The standard InChI is InChI=1S/C26H35FN4O6/c1-25(2)36-21(22(37-25)24(33)30(5)16-26(3)34-12-13-35-26)23(32)29-15-17-8-10-31(11-9-17)20-7-6-18(27)14-19(20)28-4/h6-7,14,17,21-22H,8-13,15-16H2,1-3,5H3,(H,29,32)/t21-,22-/m1/s1. The normalized spacial score (nSPS) is 25.0. The molecule has 0 saturated carbocycles. The quantitative estimate of drug-likeness (QED) is 0.555. The second-order valence-corrected chi connectivity index (χ2v) is 10.4. The molecule has 0 radical (unpaired) electrons. The minimum atomic E-state index is -1.09. The number of benzene rings is 1. The number of hydrogen-bond acceptors (Lipinski definition) is 7. The van der Waals surface area contributed by atoms with E-state index < -0.39 is 35.5 Å². The predicted octanol–water partition coefficient (Wildman–Crippen LogP) is 2.45. The van der Waals surface area contributed by atoms with Crippen molar-refractivity contribution in [2.45, 2.75) is 57.4 Å². The summed E-state index contributed by atoms with van der Waals surface area (Å²) in [6.45, 7) is 15.4. The van der Waals surface area contributed by atoms with Gasteiger partial charge in [0.15, 0.2) is 23.8 Å². The molecule has 11 heteroatoms. The number of amides is 2. The number of ether oxygens (including phenoxy) is 4. The van der Waals surface area contributed by atoms with Crippen LogP contribution in [0, 0.1) is 18.3 Å². The van der Waals surface area contributed by atoms with Crippen LogP contribution in [0.2, 0.25) is 0 Å². The van der Waals surface area contributed by atoms with Crippen molar-refractivity contribution in [1.82, 2.24) is 10.2 Å². The molecule has 37 heavy (non-hydrogen) atoms. The van der Waals surface area contributed by atoms with E-state index in [0.29, 0.717) is 38.5 Å². The summed E-state index contributed by atoms with van der Waals surface area (Å²) in [5, 5.41) is 2.94. The summed E-state index contributed by atoms with van der Waals surface area (Å²) >= 11 is 0. The van der Waals surface area contributed by atoms with E-state index in [-0.39, 0.29) is 18.4 Å². The van der Waals surface area contributed by atoms with Crippen LogP contribution in [0.4, 0.5) is 15.8 Å². The Morgan fingerprint density at radius 3 is 2.46 bits per heavy atom. The van der Waals surface area contributed by atoms with Crippen LogP contribution in [-0.2, 0) is 28.5 Å². The highest BCUT2D eigenvalue weighted by atomic mass is 19.1. The Hall–Kier alpha value is -2.78. The minimum absolute atomic E-state index is 0.197. The third kappa shape index (κ3) is 6.38. The molecule has 3 aliphatic rings. The summed E-state index contributed by atoms with van der Waals surface area (Å²) in [6, 6.07) is 4.26. The highest BCUT2D eigenvalue weighted by molar-refractivity contribution is 5.91. The molecule has 2 atom stereocenters. The molecule has 3 aliphatic heterocycles. The SMILES string of the molecule is [C-]#[N+]c1cc(F)ccc1N1CCC(CNC(=O)[C@@H]2OC(C)(C)O[C@H]2C(=O)N(C)CC2(C)OCCO2)CC1. The van der Waals surface area contributed by atoms with Crippen LogP contribution in [-0.4, -0.2) is 86.9 Å². The van der Waals surface area contributed by atoms with E-state index >= 15 is 0 Å². The molecule has 3 fully saturated rings. The summed E-state index contributed by atoms with van der Waals surface area (Å²) in [7, 11) is 1.62. The number of piperidine rings is 1. The monoisotopic (exact) mass is 518 g/mol. The van der Waals surface area contributed by atoms with Crippen LogP contribution in [0.25, 0.3) is 4.85 Å². The first-order valence-corrected chi connectivity index (χ1v) is 12.6. The van der Waals surface area contributed by atoms with Crippen molar-refractivity contribution < 1.29 is 32.9 Å². The molecule has 3 saturated heterocycles. The van der Waals surface area contributed by atoms with Crippen molar-refractivity contribution in [3.63, 3.8) is 0 Å². The van der Waals surface area contributed by atoms with Crippen molar-refractivity contribution in [3.05, 3.63) is 35.4 Å². The molecule has 1 aromatic rings. The molecule has 0 unspecified atom stereocenters. The van der Waals surface area contributed by atoms with Crippen molar-refractivity contribution in [2.75, 3.05) is 51.3 Å². The van der Waals surface area contributed by atoms with Gasteiger partial charge in [-0.2, -0.15) is 0 Å². The number of nitrogens with zero attached hydrogens (tertiary/aromatic N) is 3. The Bertz CT molecular complexity index is 1050. The summed E-state index contributed by atoms with van der Waals surface area (Å²) < 4.78 is 36.3. The van der Waals surface area contributed by atoms with E-state index in [1.807, 2.05) is 0 Å². The average Bonchev–Trinajstić information content (AvgIpc) is 3.44. The number of carbonyl (C=O) groups is 2. The molecule has 0 bridgehead atoms. The van der Waals surface area contributed by atoms with Gasteiger partial charge in [0.25, 0.3) is 11.8 Å². The largest absolute Gasteiger partial charge is 0.380 e. The van der Waals surface area contributed by atoms with Crippen LogP contribution in [0.3, 0.4) is 0 Å². The Morgan fingerprint density at radius 2 is 1.81 bits per heavy atom. The van der Waals surface area contributed by atoms with E-state index in [1.54, 1.807) is 33.9 Å². The lowest BCUT2D eigenvalue weighted by atomic mass is 9.96. The summed E-state index contributed by atoms with van der Waals surface area (Å²) in [4.78, 5) is 33.3. The Morgan fingerprint density at radius 1 is 1.16 bits per heavy atom. The Balaban J connectivity index is 1.31. The molecule has 4 rings (SSSR count). The summed E-state index contributed by atoms with van der Waals surface area (Å²) in [6.07, 6.45) is -0.570. The lowest BCUT2D eigenvalue weighted by Gasteiger charge is -2.34. The maximum atomic E-state index is 13.5. The van der Waals surface area contributed by atoms with E-state index in [2.05, 4.69) is 15.1 Å². The zero-order valence-corrected chi connectivity index (χ0v) is 21.8. The average molecular weight is 519 g/mol. The zero-order chi connectivity index (χ0) is 26.8. The number of likely N-dealkylation sites (N-methyl/N-ethyl adjacent to an activating group) is 1. The fourth-order valence-electron chi connectivity index (χ4n) is 5.08. The third-order valence-corrected chi connectivity index (χ3v) is 6.98. The molecule has 0 spiro atoms. The Kier molecular flexibility index (Phi) is 8.04. The molecular weight excluding hydrogens is 483 g/mol. The smallest absolute Gasteiger partial charge is 0.255 e. The maximum absolute atomic E-state index is 13.5. The van der Waals surface area contributed by atoms with Crippen LogP contribution >= 0.6 is 0 Å². The van der Waals surface area contributed by atoms with Gasteiger partial charge in [-0.25, -0.2) is 9.24 Å². The van der Waals surface area contributed by atoms with Crippen LogP contribution in [0.1, 0.15) is 33.6 Å². The Labute approximate surface area is 216 Å². The highest BCUT2D eigenvalue weighted by Crippen LogP contribution is 2.33. The lowest BCUT2D eigenvalue weighted by Crippen LogP contribution is -2.52. The van der Waals surface area contributed by atoms with Crippen LogP contribution in [0.15, 0.2) is 18.2 Å². The molecule has 202 valence electrons. The lowest BCUT2D eigenvalue weighted by molar-refractivity contribution is -0.175. The number of nitrogens with one attached hydrogen (secondary N) is 1. The highest BCUT2D eigenvalue weighted by Gasteiger charge is 2.50. The molecule has 0 aliphatic carbocycles. The van der Waals surface area contributed by atoms with Gasteiger partial charge in [-0.15, -0.1) is 0 Å². The predicted molar refractivity (Wildman–Crippen MR) is 132 cm³/mol. The van der Waals surface area contributed by atoms with Crippen LogP contribution in [0.5, 0.6) is 0 Å². The third-order valence-electron chi connectivity index (χ3n) is 6.98. The van der Waals surface area contributed by atoms with Gasteiger partial charge in [-0.05, 0) is 57.7 Å². The van der Waals surface area contributed by atoms with Crippen LogP contribution < -0.4 is 10.2 Å². The van der Waals surface area contributed by atoms with Gasteiger partial charge >= 0.3 is 0 Å². The zero-order valence-electron chi connectivity index (χ0n) is 21.8. The molecular formula is C26H35FN4O6. The first kappa shape index (κ1) is 27.3. The topological polar surface area (TPSA) is 93.9 Å². The van der Waals surface area contributed by atoms with E-state index in [0.717, 1.165) is 18.5 Å². The van der Waals surface area contributed by atoms with Gasteiger partial charge in [0.1, 0.15) is 5.82 Å². The van der Waals surface area contributed by atoms with Gasteiger partial charge in [0.05, 0.1) is 26.3 Å². The number of anilines is 1. The first-order chi connectivity index (χ1) is 17.5. The van der Waals surface area contributed by atoms with Crippen molar-refractivity contribution in [3.8, 4) is 0 Å². The van der Waals surface area contributed by atoms with Gasteiger partial charge < -0.3 is 34.1 Å². The molecule has 3 heterocycles. The van der Waals surface area contributed by atoms with E-state index in [1.165, 1.54) is 17.0 Å². The fraction of sp³-hybridized carbons (Fsp3) is 0.654. The van der Waals surface area contributed by atoms with Crippen molar-refractivity contribution >= 4 is 23.2 Å². The van der Waals surface area contributed by atoms with Crippen molar-refractivity contribution in [2.24, 2.45) is 5.92 Å². The second kappa shape index (κ2) is 10.9. The van der Waals surface area contributed by atoms with E-state index in [9.17, 15) is 14.0 Å². The van der Waals surface area contributed by atoms with Gasteiger partial charge in [-0.3, -0.25) is 9.59 Å². The number of carbonyl (C=O) groups excluding carboxylic acids is 2. The molecule has 1 N–H and O–H groups in total. The minimum Gasteiger partial charge on any atom is -0.380 e. The van der Waals surface area contributed by atoms with Crippen molar-refractivity contribution in [1.29, 1.82) is 0 Å². The second-order valence-electron chi connectivity index (χ2n) is 10.4. The fourth-order valence-corrected chi connectivity index (χ4v) is 5.08. The summed E-state index contributed by atoms with van der Waals surface area (Å²) in [5.41, 5.74) is 1.03.